The monoisotopic (exact) mass is 414 g/mol. The Bertz CT molecular complexity index is 1010. The van der Waals surface area contributed by atoms with Crippen molar-refractivity contribution in [3.63, 3.8) is 0 Å². The van der Waals surface area contributed by atoms with E-state index in [4.69, 9.17) is 16.9 Å². The number of aryl methyl sites for hydroxylation is 1. The van der Waals surface area contributed by atoms with E-state index in [9.17, 15) is 4.79 Å². The predicted molar refractivity (Wildman–Crippen MR) is 110 cm³/mol. The lowest BCUT2D eigenvalue weighted by atomic mass is 10.2. The summed E-state index contributed by atoms with van der Waals surface area (Å²) in [4.78, 5) is 20.9. The van der Waals surface area contributed by atoms with E-state index in [1.54, 1.807) is 18.2 Å². The fourth-order valence-corrected chi connectivity index (χ4v) is 4.19. The van der Waals surface area contributed by atoms with E-state index in [1.807, 2.05) is 30.5 Å². The Hall–Kier alpha value is -2.40. The zero-order valence-electron chi connectivity index (χ0n) is 14.4. The minimum absolute atomic E-state index is 0.131. The van der Waals surface area contributed by atoms with Gasteiger partial charge in [0.1, 0.15) is 11.1 Å². The molecule has 0 aliphatic rings. The van der Waals surface area contributed by atoms with Crippen LogP contribution in [0.3, 0.4) is 0 Å². The summed E-state index contributed by atoms with van der Waals surface area (Å²) >= 11 is 8.94. The molecule has 0 saturated carbocycles. The molecule has 1 N–H and O–H groups in total. The number of thioether (sulfide) groups is 1. The summed E-state index contributed by atoms with van der Waals surface area (Å²) < 4.78 is 0. The summed E-state index contributed by atoms with van der Waals surface area (Å²) in [5.74, 6) is 0.397. The molecule has 0 atom stereocenters. The maximum Gasteiger partial charge on any atom is 0.226 e. The number of aromatic nitrogens is 2. The second kappa shape index (κ2) is 9.00. The van der Waals surface area contributed by atoms with Gasteiger partial charge in [0, 0.05) is 33.8 Å². The number of carbonyl (C=O) groups is 1. The van der Waals surface area contributed by atoms with Crippen molar-refractivity contribution in [2.75, 3.05) is 11.1 Å². The minimum Gasteiger partial charge on any atom is -0.302 e. The molecule has 0 aliphatic heterocycles. The van der Waals surface area contributed by atoms with E-state index in [1.165, 1.54) is 23.1 Å². The average molecular weight is 415 g/mol. The van der Waals surface area contributed by atoms with Crippen LogP contribution < -0.4 is 5.32 Å². The maximum absolute atomic E-state index is 12.2. The van der Waals surface area contributed by atoms with Crippen molar-refractivity contribution in [2.24, 2.45) is 0 Å². The summed E-state index contributed by atoms with van der Waals surface area (Å²) in [6, 6.07) is 13.1. The van der Waals surface area contributed by atoms with Gasteiger partial charge in [0.15, 0.2) is 5.13 Å². The van der Waals surface area contributed by atoms with Crippen molar-refractivity contribution in [3.8, 4) is 17.3 Å². The zero-order chi connectivity index (χ0) is 19.2. The van der Waals surface area contributed by atoms with Crippen LogP contribution in [-0.2, 0) is 4.79 Å². The quantitative estimate of drug-likeness (QED) is 0.563. The van der Waals surface area contributed by atoms with Crippen LogP contribution in [0.1, 0.15) is 17.7 Å². The highest BCUT2D eigenvalue weighted by atomic mass is 35.5. The molecular formula is C19H15ClN4OS2. The fraction of sp³-hybridized carbons (Fsp3) is 0.158. The molecule has 0 spiro atoms. The Morgan fingerprint density at radius 3 is 2.89 bits per heavy atom. The third-order valence-corrected chi connectivity index (χ3v) is 5.67. The van der Waals surface area contributed by atoms with Crippen LogP contribution in [0.4, 0.5) is 5.13 Å². The maximum atomic E-state index is 12.2. The van der Waals surface area contributed by atoms with Gasteiger partial charge in [-0.15, -0.1) is 23.1 Å². The lowest BCUT2D eigenvalue weighted by Crippen LogP contribution is -2.12. The first-order valence-electron chi connectivity index (χ1n) is 8.07. The number of halogens is 1. The predicted octanol–water partition coefficient (Wildman–Crippen LogP) is 5.16. The fourth-order valence-electron chi connectivity index (χ4n) is 2.27. The molecule has 1 aromatic carbocycles. The summed E-state index contributed by atoms with van der Waals surface area (Å²) in [6.07, 6.45) is 0.298. The number of carbonyl (C=O) groups excluding carboxylic acids is 1. The summed E-state index contributed by atoms with van der Waals surface area (Å²) in [5, 5.41) is 15.6. The molecule has 136 valence electrons. The van der Waals surface area contributed by atoms with E-state index in [0.29, 0.717) is 32.9 Å². The molecule has 0 fully saturated rings. The Labute approximate surface area is 170 Å². The number of hydrogen-bond donors (Lipinski definition) is 1. The minimum atomic E-state index is -0.131. The molecule has 0 bridgehead atoms. The molecular weight excluding hydrogens is 400 g/mol. The zero-order valence-corrected chi connectivity index (χ0v) is 16.8. The lowest BCUT2D eigenvalue weighted by Gasteiger charge is -2.04. The van der Waals surface area contributed by atoms with Gasteiger partial charge in [-0.25, -0.2) is 9.97 Å². The summed E-state index contributed by atoms with van der Waals surface area (Å²) in [6.45, 7) is 1.87. The van der Waals surface area contributed by atoms with Crippen molar-refractivity contribution in [1.29, 1.82) is 5.26 Å². The molecule has 8 heteroatoms. The second-order valence-electron chi connectivity index (χ2n) is 5.58. The van der Waals surface area contributed by atoms with Gasteiger partial charge in [-0.05, 0) is 25.1 Å². The van der Waals surface area contributed by atoms with Crippen LogP contribution in [0, 0.1) is 18.3 Å². The van der Waals surface area contributed by atoms with Gasteiger partial charge in [-0.3, -0.25) is 4.79 Å². The number of amides is 1. The average Bonchev–Trinajstić information content (AvgIpc) is 3.10. The number of nitrogens with zero attached hydrogens (tertiary/aromatic N) is 3. The van der Waals surface area contributed by atoms with Crippen molar-refractivity contribution < 1.29 is 4.79 Å². The van der Waals surface area contributed by atoms with E-state index in [-0.39, 0.29) is 5.91 Å². The van der Waals surface area contributed by atoms with E-state index < -0.39 is 0 Å². The molecule has 2 aromatic heterocycles. The molecule has 5 nitrogen and oxygen atoms in total. The highest BCUT2D eigenvalue weighted by molar-refractivity contribution is 7.99. The molecule has 1 amide bonds. The first-order valence-corrected chi connectivity index (χ1v) is 10.3. The number of rotatable bonds is 6. The van der Waals surface area contributed by atoms with Crippen LogP contribution in [-0.4, -0.2) is 21.6 Å². The Kier molecular flexibility index (Phi) is 6.45. The topological polar surface area (TPSA) is 78.7 Å². The number of hydrogen-bond acceptors (Lipinski definition) is 6. The number of nitrogens with one attached hydrogen (secondary N) is 1. The number of benzene rings is 1. The third-order valence-electron chi connectivity index (χ3n) is 3.59. The Morgan fingerprint density at radius 2 is 2.11 bits per heavy atom. The lowest BCUT2D eigenvalue weighted by molar-refractivity contribution is -0.115. The molecule has 27 heavy (non-hydrogen) atoms. The van der Waals surface area contributed by atoms with Crippen molar-refractivity contribution in [1.82, 2.24) is 9.97 Å². The smallest absolute Gasteiger partial charge is 0.226 e. The first-order chi connectivity index (χ1) is 13.1. The van der Waals surface area contributed by atoms with Crippen LogP contribution in [0.5, 0.6) is 0 Å². The summed E-state index contributed by atoms with van der Waals surface area (Å²) in [7, 11) is 0. The molecule has 2 heterocycles. The van der Waals surface area contributed by atoms with E-state index in [0.717, 1.165) is 17.0 Å². The highest BCUT2D eigenvalue weighted by Gasteiger charge is 2.11. The number of pyridine rings is 1. The van der Waals surface area contributed by atoms with Crippen LogP contribution in [0.2, 0.25) is 5.02 Å². The van der Waals surface area contributed by atoms with Crippen molar-refractivity contribution in [2.45, 2.75) is 18.4 Å². The van der Waals surface area contributed by atoms with E-state index >= 15 is 0 Å². The van der Waals surface area contributed by atoms with Gasteiger partial charge in [-0.1, -0.05) is 29.8 Å². The number of anilines is 1. The van der Waals surface area contributed by atoms with Gasteiger partial charge >= 0.3 is 0 Å². The van der Waals surface area contributed by atoms with Crippen molar-refractivity contribution >= 4 is 45.7 Å². The van der Waals surface area contributed by atoms with Crippen LogP contribution >= 0.6 is 34.7 Å². The normalized spacial score (nSPS) is 10.4. The molecule has 3 aromatic rings. The van der Waals surface area contributed by atoms with Gasteiger partial charge in [0.2, 0.25) is 5.91 Å². The van der Waals surface area contributed by atoms with Crippen molar-refractivity contribution in [3.05, 3.63) is 58.1 Å². The Balaban J connectivity index is 1.56. The molecule has 0 saturated heterocycles. The first kappa shape index (κ1) is 19.4. The Morgan fingerprint density at radius 1 is 1.30 bits per heavy atom. The SMILES string of the molecule is Cc1ccc(C#N)c(SCCC(=O)Nc2nc(-c3ccccc3Cl)cs2)n1. The molecule has 0 aliphatic carbocycles. The molecule has 0 radical (unpaired) electrons. The second-order valence-corrected chi connectivity index (χ2v) is 7.93. The van der Waals surface area contributed by atoms with Gasteiger partial charge in [-0.2, -0.15) is 5.26 Å². The van der Waals surface area contributed by atoms with Crippen LogP contribution in [0.25, 0.3) is 11.3 Å². The standard InChI is InChI=1S/C19H15ClN4OS2/c1-12-6-7-13(10-21)18(22-12)26-9-8-17(25)24-19-23-16(11-27-19)14-4-2-3-5-15(14)20/h2-7,11H,8-9H2,1H3,(H,23,24,25). The highest BCUT2D eigenvalue weighted by Crippen LogP contribution is 2.30. The van der Waals surface area contributed by atoms with Gasteiger partial charge in [0.05, 0.1) is 11.3 Å². The van der Waals surface area contributed by atoms with Crippen LogP contribution in [0.15, 0.2) is 46.8 Å². The molecule has 3 rings (SSSR count). The van der Waals surface area contributed by atoms with Gasteiger partial charge in [0.25, 0.3) is 0 Å². The third kappa shape index (κ3) is 5.07. The van der Waals surface area contributed by atoms with Gasteiger partial charge < -0.3 is 5.32 Å². The largest absolute Gasteiger partial charge is 0.302 e. The summed E-state index contributed by atoms with van der Waals surface area (Å²) in [5.41, 5.74) is 2.94. The van der Waals surface area contributed by atoms with E-state index in [2.05, 4.69) is 21.4 Å². The molecule has 0 unspecified atom stereocenters. The number of nitriles is 1. The number of thiazole rings is 1.